The van der Waals surface area contributed by atoms with E-state index in [9.17, 15) is 0 Å². The number of hydrogen-bond acceptors (Lipinski definition) is 2. The highest BCUT2D eigenvalue weighted by Gasteiger charge is 2.59. The molecule has 72 valence electrons. The van der Waals surface area contributed by atoms with Gasteiger partial charge in [0, 0.05) is 0 Å². The summed E-state index contributed by atoms with van der Waals surface area (Å²) in [5, 5.41) is 0. The van der Waals surface area contributed by atoms with E-state index in [4.69, 9.17) is 57.9 Å². The van der Waals surface area contributed by atoms with Gasteiger partial charge in [-0.05, 0) is 19.3 Å². The molecule has 0 spiro atoms. The molecular weight excluding hydrogens is 242 g/mol. The van der Waals surface area contributed by atoms with E-state index >= 15 is 0 Å². The molecule has 0 aromatic heterocycles. The van der Waals surface area contributed by atoms with Gasteiger partial charge in [0.2, 0.25) is 0 Å². The molecule has 1 aliphatic rings. The van der Waals surface area contributed by atoms with Crippen molar-refractivity contribution in [2.24, 2.45) is 11.5 Å². The van der Waals surface area contributed by atoms with Crippen molar-refractivity contribution in [1.29, 1.82) is 0 Å². The van der Waals surface area contributed by atoms with Crippen molar-refractivity contribution < 1.29 is 0 Å². The summed E-state index contributed by atoms with van der Waals surface area (Å²) in [6.45, 7) is 0. The van der Waals surface area contributed by atoms with Crippen LogP contribution < -0.4 is 11.5 Å². The molecule has 0 radical (unpaired) electrons. The average molecular weight is 252 g/mol. The van der Waals surface area contributed by atoms with E-state index in [-0.39, 0.29) is 0 Å². The van der Waals surface area contributed by atoms with Gasteiger partial charge in [0.1, 0.15) is 5.00 Å². The minimum absolute atomic E-state index is 0.502. The zero-order valence-electron chi connectivity index (χ0n) is 6.29. The molecule has 0 saturated heterocycles. The Bertz CT molecular complexity index is 172. The van der Waals surface area contributed by atoms with E-state index in [2.05, 4.69) is 0 Å². The van der Waals surface area contributed by atoms with Crippen molar-refractivity contribution in [3.05, 3.63) is 0 Å². The Balaban J connectivity index is 2.99. The quantitative estimate of drug-likeness (QED) is 0.512. The molecule has 1 fully saturated rings. The van der Waals surface area contributed by atoms with Gasteiger partial charge in [-0.3, -0.25) is 0 Å². The van der Waals surface area contributed by atoms with E-state index in [0.717, 1.165) is 6.42 Å². The molecule has 0 amide bonds. The van der Waals surface area contributed by atoms with Crippen LogP contribution in [0.2, 0.25) is 0 Å². The highest BCUT2D eigenvalue weighted by atomic mass is 35.5. The van der Waals surface area contributed by atoms with Crippen LogP contribution in [0.15, 0.2) is 0 Å². The van der Waals surface area contributed by atoms with Crippen LogP contribution in [-0.4, -0.2) is 14.3 Å². The standard InChI is InChI=1S/C6H10Cl4N2/c7-4(8)2-1-3-5(9,11)6(4,10)12/h1-3,11-12H2/t5-,6+/m1/s1. The summed E-state index contributed by atoms with van der Waals surface area (Å²) in [5.41, 5.74) is 11.3. The normalized spacial score (nSPS) is 47.5. The summed E-state index contributed by atoms with van der Waals surface area (Å²) in [6, 6.07) is 0. The van der Waals surface area contributed by atoms with E-state index in [1.54, 1.807) is 0 Å². The second kappa shape index (κ2) is 3.04. The molecule has 0 unspecified atom stereocenters. The average Bonchev–Trinajstić information content (AvgIpc) is 1.83. The van der Waals surface area contributed by atoms with Crippen LogP contribution >= 0.6 is 46.4 Å². The van der Waals surface area contributed by atoms with Crippen molar-refractivity contribution in [1.82, 2.24) is 0 Å². The lowest BCUT2D eigenvalue weighted by Gasteiger charge is -2.47. The fourth-order valence-electron chi connectivity index (χ4n) is 1.24. The first-order valence-electron chi connectivity index (χ1n) is 3.54. The third-order valence-electron chi connectivity index (χ3n) is 2.17. The first kappa shape index (κ1) is 11.2. The summed E-state index contributed by atoms with van der Waals surface area (Å²) >= 11 is 23.6. The Morgan fingerprint density at radius 1 is 0.917 bits per heavy atom. The fourth-order valence-corrected chi connectivity index (χ4v) is 2.42. The lowest BCUT2D eigenvalue weighted by Crippen LogP contribution is -2.69. The molecule has 0 bridgehead atoms. The zero-order valence-corrected chi connectivity index (χ0v) is 9.31. The summed E-state index contributed by atoms with van der Waals surface area (Å²) in [7, 11) is 0. The smallest absolute Gasteiger partial charge is 0.156 e. The van der Waals surface area contributed by atoms with Crippen LogP contribution in [0.4, 0.5) is 0 Å². The maximum Gasteiger partial charge on any atom is 0.156 e. The molecule has 1 rings (SSSR count). The van der Waals surface area contributed by atoms with Gasteiger partial charge in [0.15, 0.2) is 9.33 Å². The Morgan fingerprint density at radius 3 is 1.75 bits per heavy atom. The number of rotatable bonds is 0. The van der Waals surface area contributed by atoms with Crippen molar-refractivity contribution in [3.8, 4) is 0 Å². The minimum Gasteiger partial charge on any atom is -0.310 e. The summed E-state index contributed by atoms with van der Waals surface area (Å²) in [6.07, 6.45) is 1.73. The number of alkyl halides is 4. The van der Waals surface area contributed by atoms with Gasteiger partial charge in [-0.15, -0.1) is 0 Å². The third kappa shape index (κ3) is 1.54. The second-order valence-corrected chi connectivity index (χ2v) is 5.89. The van der Waals surface area contributed by atoms with Crippen LogP contribution in [0.5, 0.6) is 0 Å². The Kier molecular flexibility index (Phi) is 2.83. The molecule has 4 N–H and O–H groups in total. The maximum atomic E-state index is 5.91. The fraction of sp³-hybridized carbons (Fsp3) is 1.00. The van der Waals surface area contributed by atoms with Crippen molar-refractivity contribution in [2.75, 3.05) is 0 Å². The predicted molar refractivity (Wildman–Crippen MR) is 53.8 cm³/mol. The van der Waals surface area contributed by atoms with Crippen LogP contribution in [0.3, 0.4) is 0 Å². The van der Waals surface area contributed by atoms with Crippen LogP contribution in [0.1, 0.15) is 19.3 Å². The molecular formula is C6H10Cl4N2. The molecule has 1 aliphatic carbocycles. The summed E-state index contributed by atoms with van der Waals surface area (Å²) < 4.78 is -1.26. The number of hydrogen-bond donors (Lipinski definition) is 2. The van der Waals surface area contributed by atoms with E-state index in [0.29, 0.717) is 12.8 Å². The van der Waals surface area contributed by atoms with E-state index in [1.165, 1.54) is 0 Å². The highest BCUT2D eigenvalue weighted by molar-refractivity contribution is 6.55. The minimum atomic E-state index is -1.48. The van der Waals surface area contributed by atoms with Gasteiger partial charge in [-0.25, -0.2) is 0 Å². The Hall–Kier alpha value is 1.08. The van der Waals surface area contributed by atoms with Gasteiger partial charge in [0.05, 0.1) is 0 Å². The first-order chi connectivity index (χ1) is 5.21. The van der Waals surface area contributed by atoms with Gasteiger partial charge in [-0.2, -0.15) is 0 Å². The number of halogens is 4. The lowest BCUT2D eigenvalue weighted by atomic mass is 9.89. The Labute approximate surface area is 91.5 Å². The molecule has 0 aromatic carbocycles. The topological polar surface area (TPSA) is 52.0 Å². The van der Waals surface area contributed by atoms with E-state index < -0.39 is 14.3 Å². The largest absolute Gasteiger partial charge is 0.310 e. The molecule has 12 heavy (non-hydrogen) atoms. The molecule has 2 atom stereocenters. The molecule has 0 heterocycles. The molecule has 0 aliphatic heterocycles. The van der Waals surface area contributed by atoms with Crippen molar-refractivity contribution in [3.63, 3.8) is 0 Å². The SMILES string of the molecule is N[C@]1(Cl)CCCC(Cl)(Cl)[C@@]1(N)Cl. The van der Waals surface area contributed by atoms with Crippen LogP contribution in [0, 0.1) is 0 Å². The predicted octanol–water partition coefficient (Wildman–Crippen LogP) is 2.13. The van der Waals surface area contributed by atoms with E-state index in [1.807, 2.05) is 0 Å². The summed E-state index contributed by atoms with van der Waals surface area (Å²) in [5.74, 6) is 0. The molecule has 0 aromatic rings. The lowest BCUT2D eigenvalue weighted by molar-refractivity contribution is 0.290. The van der Waals surface area contributed by atoms with Crippen molar-refractivity contribution in [2.45, 2.75) is 33.6 Å². The number of nitrogens with two attached hydrogens (primary N) is 2. The van der Waals surface area contributed by atoms with Gasteiger partial charge < -0.3 is 11.5 Å². The monoisotopic (exact) mass is 250 g/mol. The van der Waals surface area contributed by atoms with Crippen molar-refractivity contribution >= 4 is 46.4 Å². The Morgan fingerprint density at radius 2 is 1.42 bits per heavy atom. The maximum absolute atomic E-state index is 5.91. The second-order valence-electron chi connectivity index (χ2n) is 3.13. The van der Waals surface area contributed by atoms with Crippen LogP contribution in [0.25, 0.3) is 0 Å². The first-order valence-corrected chi connectivity index (χ1v) is 5.05. The van der Waals surface area contributed by atoms with Gasteiger partial charge in [-0.1, -0.05) is 46.4 Å². The molecule has 2 nitrogen and oxygen atoms in total. The summed E-state index contributed by atoms with van der Waals surface area (Å²) in [4.78, 5) is -2.72. The third-order valence-corrected chi connectivity index (χ3v) is 4.58. The van der Waals surface area contributed by atoms with Gasteiger partial charge in [0.25, 0.3) is 0 Å². The highest BCUT2D eigenvalue weighted by Crippen LogP contribution is 2.51. The molecule has 1 saturated carbocycles. The van der Waals surface area contributed by atoms with Gasteiger partial charge >= 0.3 is 0 Å². The molecule has 6 heteroatoms. The zero-order chi connectivity index (χ0) is 9.62. The van der Waals surface area contributed by atoms with Crippen LogP contribution in [-0.2, 0) is 0 Å².